The van der Waals surface area contributed by atoms with Crippen LogP contribution in [0.2, 0.25) is 0 Å². The Morgan fingerprint density at radius 3 is 2.58 bits per heavy atom. The average molecular weight is 457 g/mol. The van der Waals surface area contributed by atoms with Crippen molar-refractivity contribution in [3.05, 3.63) is 65.7 Å². The predicted octanol–water partition coefficient (Wildman–Crippen LogP) is 3.83. The Kier molecular flexibility index (Phi) is 5.55. The first-order chi connectivity index (χ1) is 15.5. The van der Waals surface area contributed by atoms with Crippen molar-refractivity contribution in [2.45, 2.75) is 33.4 Å². The van der Waals surface area contributed by atoms with Crippen molar-refractivity contribution >= 4 is 23.1 Å². The number of amides is 2. The summed E-state index contributed by atoms with van der Waals surface area (Å²) in [4.78, 5) is 39.6. The zero-order valence-corrected chi connectivity index (χ0v) is 18.3. The van der Waals surface area contributed by atoms with Crippen molar-refractivity contribution in [1.29, 1.82) is 0 Å². The molecule has 0 radical (unpaired) electrons. The fourth-order valence-electron chi connectivity index (χ4n) is 4.09. The van der Waals surface area contributed by atoms with Gasteiger partial charge in [-0.05, 0) is 31.1 Å². The van der Waals surface area contributed by atoms with Crippen LogP contribution in [0.25, 0.3) is 5.57 Å². The second-order valence-corrected chi connectivity index (χ2v) is 8.63. The molecule has 10 heteroatoms. The number of nitrogens with zero attached hydrogens (tertiary/aromatic N) is 4. The number of hydrogen-bond acceptors (Lipinski definition) is 5. The van der Waals surface area contributed by atoms with E-state index in [2.05, 4.69) is 15.0 Å². The van der Waals surface area contributed by atoms with Crippen molar-refractivity contribution in [1.82, 2.24) is 20.3 Å². The highest BCUT2D eigenvalue weighted by Crippen LogP contribution is 2.50. The highest BCUT2D eigenvalue weighted by molar-refractivity contribution is 6.06. The minimum absolute atomic E-state index is 0.0649. The molecule has 1 aliphatic heterocycles. The lowest BCUT2D eigenvalue weighted by Crippen LogP contribution is -2.34. The van der Waals surface area contributed by atoms with Crippen LogP contribution >= 0.6 is 0 Å². The van der Waals surface area contributed by atoms with E-state index >= 15 is 0 Å². The molecule has 3 heterocycles. The summed E-state index contributed by atoms with van der Waals surface area (Å²) < 4.78 is 37.4. The van der Waals surface area contributed by atoms with Crippen LogP contribution in [0, 0.1) is 18.3 Å². The quantitative estimate of drug-likeness (QED) is 0.754. The molecule has 0 aromatic carbocycles. The number of halogens is 3. The van der Waals surface area contributed by atoms with Gasteiger partial charge in [0.2, 0.25) is 5.91 Å². The molecule has 1 unspecified atom stereocenters. The van der Waals surface area contributed by atoms with E-state index in [1.54, 1.807) is 19.3 Å². The third-order valence-electron chi connectivity index (χ3n) is 5.93. The van der Waals surface area contributed by atoms with E-state index in [1.807, 2.05) is 31.3 Å². The molecule has 1 saturated heterocycles. The van der Waals surface area contributed by atoms with Crippen LogP contribution in [0.3, 0.4) is 0 Å². The van der Waals surface area contributed by atoms with Gasteiger partial charge in [0.05, 0.1) is 22.9 Å². The van der Waals surface area contributed by atoms with Gasteiger partial charge in [-0.3, -0.25) is 19.5 Å². The molecular weight excluding hydrogens is 435 g/mol. The Bertz CT molecular complexity index is 1170. The minimum atomic E-state index is -4.53. The van der Waals surface area contributed by atoms with Crippen LogP contribution in [-0.4, -0.2) is 39.5 Å². The van der Waals surface area contributed by atoms with Crippen molar-refractivity contribution in [2.75, 3.05) is 11.4 Å². The van der Waals surface area contributed by atoms with Crippen LogP contribution in [0.5, 0.6) is 0 Å². The van der Waals surface area contributed by atoms with Gasteiger partial charge in [0, 0.05) is 35.8 Å². The molecule has 2 aromatic rings. The summed E-state index contributed by atoms with van der Waals surface area (Å²) in [6.45, 7) is 4.05. The first kappa shape index (κ1) is 22.6. The second-order valence-electron chi connectivity index (χ2n) is 8.63. The number of fused-ring (bicyclic) bond motifs is 1. The van der Waals surface area contributed by atoms with Gasteiger partial charge in [-0.15, -0.1) is 0 Å². The standard InChI is InChI=1S/C23H22F3N5O2/c1-13-28-9-16(10-29-13)14-4-5-18-19(7-14)31(21(33)22(18,2)3)17-6-15(8-27-11-17)20(32)30-12-23(24,25)26/h4,6-11,18H,5,12H2,1-3H3,(H,30,32). The van der Waals surface area contributed by atoms with E-state index in [0.717, 1.165) is 16.8 Å². The first-order valence-corrected chi connectivity index (χ1v) is 10.3. The number of aromatic nitrogens is 3. The van der Waals surface area contributed by atoms with E-state index in [1.165, 1.54) is 23.4 Å². The van der Waals surface area contributed by atoms with Gasteiger partial charge >= 0.3 is 6.18 Å². The van der Waals surface area contributed by atoms with E-state index < -0.39 is 24.0 Å². The number of rotatable bonds is 4. The van der Waals surface area contributed by atoms with E-state index in [-0.39, 0.29) is 17.4 Å². The summed E-state index contributed by atoms with van der Waals surface area (Å²) in [5, 5.41) is 1.83. The minimum Gasteiger partial charge on any atom is -0.343 e. The smallest absolute Gasteiger partial charge is 0.343 e. The SMILES string of the molecule is Cc1ncc(C2=CCC3C(=C2)N(c2cncc(C(=O)NCC(F)(F)F)c2)C(=O)C3(C)C)cn1. The maximum absolute atomic E-state index is 13.4. The predicted molar refractivity (Wildman–Crippen MR) is 115 cm³/mol. The van der Waals surface area contributed by atoms with Gasteiger partial charge < -0.3 is 5.32 Å². The van der Waals surface area contributed by atoms with Gasteiger partial charge in [-0.2, -0.15) is 13.2 Å². The molecule has 172 valence electrons. The lowest BCUT2D eigenvalue weighted by Gasteiger charge is -2.26. The summed E-state index contributed by atoms with van der Waals surface area (Å²) in [7, 11) is 0. The highest BCUT2D eigenvalue weighted by atomic mass is 19.4. The molecule has 7 nitrogen and oxygen atoms in total. The zero-order chi connectivity index (χ0) is 24.0. The monoisotopic (exact) mass is 457 g/mol. The zero-order valence-electron chi connectivity index (χ0n) is 18.3. The van der Waals surface area contributed by atoms with Crippen molar-refractivity contribution in [2.24, 2.45) is 11.3 Å². The molecule has 0 saturated carbocycles. The fourth-order valence-corrected chi connectivity index (χ4v) is 4.09. The van der Waals surface area contributed by atoms with E-state index in [9.17, 15) is 22.8 Å². The first-order valence-electron chi connectivity index (χ1n) is 10.3. The van der Waals surface area contributed by atoms with Gasteiger partial charge in [-0.25, -0.2) is 9.97 Å². The van der Waals surface area contributed by atoms with Crippen molar-refractivity contribution in [3.8, 4) is 0 Å². The molecule has 2 amide bonds. The number of nitrogens with one attached hydrogen (secondary N) is 1. The molecular formula is C23H22F3N5O2. The Labute approximate surface area is 188 Å². The Morgan fingerprint density at radius 1 is 1.21 bits per heavy atom. The van der Waals surface area contributed by atoms with Gasteiger partial charge in [0.1, 0.15) is 12.4 Å². The maximum atomic E-state index is 13.4. The summed E-state index contributed by atoms with van der Waals surface area (Å²) in [5.74, 6) is -0.559. The summed E-state index contributed by atoms with van der Waals surface area (Å²) in [6, 6.07) is 1.38. The van der Waals surface area contributed by atoms with Gasteiger partial charge in [0.15, 0.2) is 0 Å². The molecule has 0 bridgehead atoms. The molecule has 1 N–H and O–H groups in total. The van der Waals surface area contributed by atoms with Crippen LogP contribution < -0.4 is 10.2 Å². The topological polar surface area (TPSA) is 88.1 Å². The number of aryl methyl sites for hydroxylation is 1. The van der Waals surface area contributed by atoms with E-state index in [0.29, 0.717) is 17.9 Å². The number of allylic oxidation sites excluding steroid dienone is 4. The lowest BCUT2D eigenvalue weighted by molar-refractivity contribution is -0.125. The molecule has 4 rings (SSSR count). The van der Waals surface area contributed by atoms with Gasteiger partial charge in [-0.1, -0.05) is 19.9 Å². The molecule has 0 spiro atoms. The largest absolute Gasteiger partial charge is 0.405 e. The molecule has 1 fully saturated rings. The lowest BCUT2D eigenvalue weighted by atomic mass is 9.75. The number of carbonyl (C=O) groups is 2. The number of alkyl halides is 3. The summed E-state index contributed by atoms with van der Waals surface area (Å²) in [5.41, 5.74) is 1.95. The molecule has 33 heavy (non-hydrogen) atoms. The average Bonchev–Trinajstić information content (AvgIpc) is 2.97. The number of pyridine rings is 1. The van der Waals surface area contributed by atoms with E-state index in [4.69, 9.17) is 0 Å². The van der Waals surface area contributed by atoms with Crippen molar-refractivity contribution in [3.63, 3.8) is 0 Å². The summed E-state index contributed by atoms with van der Waals surface area (Å²) in [6.07, 6.45) is 6.04. The maximum Gasteiger partial charge on any atom is 0.405 e. The van der Waals surface area contributed by atoms with Crippen LogP contribution in [0.15, 0.2) is 48.7 Å². The second kappa shape index (κ2) is 8.09. The Hall–Kier alpha value is -3.56. The third-order valence-corrected chi connectivity index (χ3v) is 5.93. The normalized spacial score (nSPS) is 19.6. The highest BCUT2D eigenvalue weighted by Gasteiger charge is 2.51. The number of hydrogen-bond donors (Lipinski definition) is 1. The summed E-state index contributed by atoms with van der Waals surface area (Å²) >= 11 is 0. The Balaban J connectivity index is 1.69. The third kappa shape index (κ3) is 4.37. The van der Waals surface area contributed by atoms with Crippen LogP contribution in [0.1, 0.15) is 42.0 Å². The molecule has 2 aliphatic rings. The van der Waals surface area contributed by atoms with Crippen LogP contribution in [0.4, 0.5) is 18.9 Å². The van der Waals surface area contributed by atoms with Crippen molar-refractivity contribution < 1.29 is 22.8 Å². The molecule has 1 atom stereocenters. The number of anilines is 1. The Morgan fingerprint density at radius 2 is 1.91 bits per heavy atom. The fraction of sp³-hybridized carbons (Fsp3) is 0.348. The van der Waals surface area contributed by atoms with Gasteiger partial charge in [0.25, 0.3) is 5.91 Å². The molecule has 2 aromatic heterocycles. The number of carbonyl (C=O) groups excluding carboxylic acids is 2. The van der Waals surface area contributed by atoms with Crippen LogP contribution in [-0.2, 0) is 4.79 Å². The molecule has 1 aliphatic carbocycles.